The summed E-state index contributed by atoms with van der Waals surface area (Å²) in [6.45, 7) is 0. The molecule has 0 fully saturated rings. The van der Waals surface area contributed by atoms with Crippen LogP contribution >= 0.6 is 0 Å². The number of halogens is 2. The van der Waals surface area contributed by atoms with Crippen LogP contribution in [0.2, 0.25) is 0 Å². The molecule has 0 aromatic heterocycles. The van der Waals surface area contributed by atoms with Gasteiger partial charge in [0.25, 0.3) is 0 Å². The zero-order valence-corrected chi connectivity index (χ0v) is 9.69. The van der Waals surface area contributed by atoms with Crippen molar-refractivity contribution in [2.45, 2.75) is 0 Å². The molecule has 0 radical (unpaired) electrons. The van der Waals surface area contributed by atoms with E-state index in [0.29, 0.717) is 11.4 Å². The van der Waals surface area contributed by atoms with E-state index in [0.717, 1.165) is 0 Å². The second kappa shape index (κ2) is 4.84. The van der Waals surface area contributed by atoms with Gasteiger partial charge in [-0.15, -0.1) is 0 Å². The molecule has 18 heavy (non-hydrogen) atoms. The maximum atomic E-state index is 13.5. The predicted molar refractivity (Wildman–Crippen MR) is 65.6 cm³/mol. The lowest BCUT2D eigenvalue weighted by Gasteiger charge is -2.20. The first-order chi connectivity index (χ1) is 8.63. The number of anilines is 2. The summed E-state index contributed by atoms with van der Waals surface area (Å²) in [5.74, 6) is -0.965. The summed E-state index contributed by atoms with van der Waals surface area (Å²) < 4.78 is 26.6. The van der Waals surface area contributed by atoms with Gasteiger partial charge in [-0.2, -0.15) is 5.26 Å². The Balaban J connectivity index is 2.50. The van der Waals surface area contributed by atoms with Gasteiger partial charge in [-0.1, -0.05) is 12.1 Å². The number of nitriles is 1. The molecule has 0 spiro atoms. The van der Waals surface area contributed by atoms with Crippen molar-refractivity contribution in [3.8, 4) is 6.07 Å². The van der Waals surface area contributed by atoms with E-state index in [2.05, 4.69) is 0 Å². The van der Waals surface area contributed by atoms with Crippen molar-refractivity contribution in [1.29, 1.82) is 5.26 Å². The molecule has 0 atom stereocenters. The molecule has 4 heteroatoms. The Kier molecular flexibility index (Phi) is 3.24. The minimum absolute atomic E-state index is 0.0516. The smallest absolute Gasteiger partial charge is 0.143 e. The largest absolute Gasteiger partial charge is 0.343 e. The van der Waals surface area contributed by atoms with E-state index in [9.17, 15) is 8.78 Å². The summed E-state index contributed by atoms with van der Waals surface area (Å²) in [5.41, 5.74) is 0.907. The Bertz CT molecular complexity index is 617. The van der Waals surface area contributed by atoms with E-state index in [4.69, 9.17) is 5.26 Å². The van der Waals surface area contributed by atoms with E-state index in [1.54, 1.807) is 30.1 Å². The topological polar surface area (TPSA) is 27.0 Å². The third-order valence-corrected chi connectivity index (χ3v) is 2.66. The molecule has 2 rings (SSSR count). The minimum atomic E-state index is -0.585. The van der Waals surface area contributed by atoms with Gasteiger partial charge < -0.3 is 4.90 Å². The van der Waals surface area contributed by atoms with Gasteiger partial charge in [-0.25, -0.2) is 8.78 Å². The van der Waals surface area contributed by atoms with Gasteiger partial charge in [-0.3, -0.25) is 0 Å². The lowest BCUT2D eigenvalue weighted by molar-refractivity contribution is 0.623. The average Bonchev–Trinajstić information content (AvgIpc) is 2.37. The SMILES string of the molecule is CN(c1cccc(F)c1)c1cccc(F)c1C#N. The molecule has 0 N–H and O–H groups in total. The van der Waals surface area contributed by atoms with Crippen LogP contribution in [0.1, 0.15) is 5.56 Å². The average molecular weight is 244 g/mol. The molecule has 0 bridgehead atoms. The number of hydrogen-bond donors (Lipinski definition) is 0. The van der Waals surface area contributed by atoms with Crippen LogP contribution in [0.25, 0.3) is 0 Å². The molecule has 2 aromatic carbocycles. The van der Waals surface area contributed by atoms with E-state index in [-0.39, 0.29) is 11.4 Å². The van der Waals surface area contributed by atoms with Crippen LogP contribution in [0.4, 0.5) is 20.2 Å². The Morgan fingerprint density at radius 3 is 2.50 bits per heavy atom. The Hall–Kier alpha value is -2.41. The van der Waals surface area contributed by atoms with Gasteiger partial charge in [0.1, 0.15) is 23.3 Å². The van der Waals surface area contributed by atoms with Crippen LogP contribution in [-0.2, 0) is 0 Å². The third-order valence-electron chi connectivity index (χ3n) is 2.66. The highest BCUT2D eigenvalue weighted by Crippen LogP contribution is 2.28. The second-order valence-corrected chi connectivity index (χ2v) is 3.78. The first kappa shape index (κ1) is 12.1. The number of benzene rings is 2. The molecule has 0 saturated heterocycles. The van der Waals surface area contributed by atoms with Crippen molar-refractivity contribution in [3.63, 3.8) is 0 Å². The highest BCUT2D eigenvalue weighted by molar-refractivity contribution is 5.68. The lowest BCUT2D eigenvalue weighted by Crippen LogP contribution is -2.11. The van der Waals surface area contributed by atoms with Crippen molar-refractivity contribution < 1.29 is 8.78 Å². The fourth-order valence-electron chi connectivity index (χ4n) is 1.73. The van der Waals surface area contributed by atoms with Gasteiger partial charge in [0.2, 0.25) is 0 Å². The van der Waals surface area contributed by atoms with E-state index < -0.39 is 5.82 Å². The monoisotopic (exact) mass is 244 g/mol. The molecule has 2 aromatic rings. The maximum Gasteiger partial charge on any atom is 0.143 e. The Labute approximate surface area is 104 Å². The summed E-state index contributed by atoms with van der Waals surface area (Å²) in [7, 11) is 1.66. The van der Waals surface area contributed by atoms with Crippen LogP contribution in [0.5, 0.6) is 0 Å². The van der Waals surface area contributed by atoms with Gasteiger partial charge in [0, 0.05) is 12.7 Å². The standard InChI is InChI=1S/C14H10F2N2/c1-18(11-5-2-4-10(15)8-11)14-7-3-6-13(16)12(14)9-17/h2-8H,1H3. The van der Waals surface area contributed by atoms with Crippen molar-refractivity contribution in [1.82, 2.24) is 0 Å². The van der Waals surface area contributed by atoms with E-state index in [1.165, 1.54) is 24.3 Å². The third kappa shape index (κ3) is 2.16. The molecule has 2 nitrogen and oxygen atoms in total. The normalized spacial score (nSPS) is 9.89. The lowest BCUT2D eigenvalue weighted by atomic mass is 10.1. The summed E-state index contributed by atoms with van der Waals surface area (Å²) in [5, 5.41) is 8.96. The van der Waals surface area contributed by atoms with Gasteiger partial charge in [0.15, 0.2) is 0 Å². The Morgan fingerprint density at radius 1 is 1.11 bits per heavy atom. The molecule has 0 unspecified atom stereocenters. The number of hydrogen-bond acceptors (Lipinski definition) is 2. The van der Waals surface area contributed by atoms with Crippen molar-refractivity contribution >= 4 is 11.4 Å². The summed E-state index contributed by atoms with van der Waals surface area (Å²) in [4.78, 5) is 1.57. The predicted octanol–water partition coefficient (Wildman–Crippen LogP) is 3.60. The van der Waals surface area contributed by atoms with Gasteiger partial charge >= 0.3 is 0 Å². The summed E-state index contributed by atoms with van der Waals surface area (Å²) in [6, 6.07) is 12.1. The van der Waals surface area contributed by atoms with Crippen molar-refractivity contribution in [2.24, 2.45) is 0 Å². The second-order valence-electron chi connectivity index (χ2n) is 3.78. The minimum Gasteiger partial charge on any atom is -0.343 e. The highest BCUT2D eigenvalue weighted by atomic mass is 19.1. The van der Waals surface area contributed by atoms with Gasteiger partial charge in [-0.05, 0) is 30.3 Å². The summed E-state index contributed by atoms with van der Waals surface area (Å²) >= 11 is 0. The molecular weight excluding hydrogens is 234 g/mol. The fourth-order valence-corrected chi connectivity index (χ4v) is 1.73. The molecule has 90 valence electrons. The highest BCUT2D eigenvalue weighted by Gasteiger charge is 2.13. The first-order valence-electron chi connectivity index (χ1n) is 5.31. The molecule has 0 heterocycles. The molecule has 0 saturated carbocycles. The van der Waals surface area contributed by atoms with Crippen molar-refractivity contribution in [2.75, 3.05) is 11.9 Å². The molecular formula is C14H10F2N2. The van der Waals surface area contributed by atoms with E-state index >= 15 is 0 Å². The zero-order valence-electron chi connectivity index (χ0n) is 9.69. The summed E-state index contributed by atoms with van der Waals surface area (Å²) in [6.07, 6.45) is 0. The van der Waals surface area contributed by atoms with Crippen LogP contribution in [-0.4, -0.2) is 7.05 Å². The number of nitrogens with zero attached hydrogens (tertiary/aromatic N) is 2. The van der Waals surface area contributed by atoms with Crippen LogP contribution in [0.15, 0.2) is 42.5 Å². The maximum absolute atomic E-state index is 13.5. The Morgan fingerprint density at radius 2 is 1.83 bits per heavy atom. The molecule has 0 aliphatic carbocycles. The van der Waals surface area contributed by atoms with Gasteiger partial charge in [0.05, 0.1) is 5.69 Å². The van der Waals surface area contributed by atoms with Crippen LogP contribution in [0, 0.1) is 23.0 Å². The van der Waals surface area contributed by atoms with E-state index in [1.807, 2.05) is 6.07 Å². The van der Waals surface area contributed by atoms with Crippen LogP contribution in [0.3, 0.4) is 0 Å². The van der Waals surface area contributed by atoms with Crippen molar-refractivity contribution in [3.05, 3.63) is 59.7 Å². The fraction of sp³-hybridized carbons (Fsp3) is 0.0714. The quantitative estimate of drug-likeness (QED) is 0.807. The molecule has 0 amide bonds. The molecule has 0 aliphatic rings. The zero-order chi connectivity index (χ0) is 13.1. The first-order valence-corrected chi connectivity index (χ1v) is 5.31. The number of rotatable bonds is 2. The molecule has 0 aliphatic heterocycles. The van der Waals surface area contributed by atoms with Crippen LogP contribution < -0.4 is 4.90 Å².